The van der Waals surface area contributed by atoms with Crippen LogP contribution in [0.4, 0.5) is 0 Å². The molecule has 1 atom stereocenters. The molecule has 2 fully saturated rings. The Bertz CT molecular complexity index is 404. The summed E-state index contributed by atoms with van der Waals surface area (Å²) in [6, 6.07) is 2.76. The molecular weight excluding hydrogens is 226 g/mol. The van der Waals surface area contributed by atoms with E-state index in [1.54, 1.807) is 0 Å². The van der Waals surface area contributed by atoms with Crippen molar-refractivity contribution in [1.82, 2.24) is 14.9 Å². The van der Waals surface area contributed by atoms with Crippen LogP contribution in [0.5, 0.6) is 0 Å². The number of morpholine rings is 1. The molecule has 1 saturated heterocycles. The average Bonchev–Trinajstić information content (AvgIpc) is 2.93. The fraction of sp³-hybridized carbons (Fsp3) is 0.714. The molecule has 0 N–H and O–H groups in total. The standard InChI is InChI=1S/C14H21N3O/c1-11-15-7-6-13(16-11)14-10-17(8-9-18-14)12-4-2-3-5-12/h6-7,12,14H,2-5,8-10H2,1H3/t14-/m0/s1. The second-order valence-corrected chi connectivity index (χ2v) is 5.32. The monoisotopic (exact) mass is 247 g/mol. The van der Waals surface area contributed by atoms with E-state index in [4.69, 9.17) is 4.74 Å². The Morgan fingerprint density at radius 3 is 2.94 bits per heavy atom. The van der Waals surface area contributed by atoms with Crippen LogP contribution in [0.25, 0.3) is 0 Å². The van der Waals surface area contributed by atoms with Crippen molar-refractivity contribution < 1.29 is 4.74 Å². The number of aryl methyl sites for hydroxylation is 1. The van der Waals surface area contributed by atoms with Crippen molar-refractivity contribution in [3.63, 3.8) is 0 Å². The predicted octanol–water partition coefficient (Wildman–Crippen LogP) is 2.10. The van der Waals surface area contributed by atoms with Crippen molar-refractivity contribution >= 4 is 0 Å². The van der Waals surface area contributed by atoms with Gasteiger partial charge in [0.05, 0.1) is 12.3 Å². The Morgan fingerprint density at radius 2 is 2.17 bits per heavy atom. The number of hydrogen-bond donors (Lipinski definition) is 0. The van der Waals surface area contributed by atoms with Gasteiger partial charge < -0.3 is 4.74 Å². The zero-order chi connectivity index (χ0) is 12.4. The first-order chi connectivity index (χ1) is 8.83. The summed E-state index contributed by atoms with van der Waals surface area (Å²) < 4.78 is 5.88. The predicted molar refractivity (Wildman–Crippen MR) is 69.3 cm³/mol. The van der Waals surface area contributed by atoms with Crippen LogP contribution in [0.3, 0.4) is 0 Å². The first kappa shape index (κ1) is 12.1. The van der Waals surface area contributed by atoms with E-state index in [1.165, 1.54) is 25.7 Å². The Balaban J connectivity index is 1.69. The van der Waals surface area contributed by atoms with Gasteiger partial charge in [0.1, 0.15) is 11.9 Å². The van der Waals surface area contributed by atoms with Crippen LogP contribution >= 0.6 is 0 Å². The molecule has 98 valence electrons. The van der Waals surface area contributed by atoms with E-state index in [0.717, 1.165) is 37.3 Å². The van der Waals surface area contributed by atoms with Crippen LogP contribution in [-0.4, -0.2) is 40.6 Å². The molecular formula is C14H21N3O. The quantitative estimate of drug-likeness (QED) is 0.802. The minimum Gasteiger partial charge on any atom is -0.369 e. The minimum atomic E-state index is 0.126. The van der Waals surface area contributed by atoms with Crippen molar-refractivity contribution in [1.29, 1.82) is 0 Å². The van der Waals surface area contributed by atoms with Gasteiger partial charge in [0, 0.05) is 25.3 Å². The van der Waals surface area contributed by atoms with Gasteiger partial charge >= 0.3 is 0 Å². The summed E-state index contributed by atoms with van der Waals surface area (Å²) in [7, 11) is 0. The van der Waals surface area contributed by atoms with Gasteiger partial charge in [-0.05, 0) is 25.8 Å². The van der Waals surface area contributed by atoms with Crippen LogP contribution in [0.2, 0.25) is 0 Å². The van der Waals surface area contributed by atoms with Crippen molar-refractivity contribution in [2.24, 2.45) is 0 Å². The third-order valence-electron chi connectivity index (χ3n) is 4.07. The highest BCUT2D eigenvalue weighted by molar-refractivity contribution is 5.07. The summed E-state index contributed by atoms with van der Waals surface area (Å²) in [6.07, 6.45) is 7.44. The van der Waals surface area contributed by atoms with Gasteiger partial charge in [0.2, 0.25) is 0 Å². The van der Waals surface area contributed by atoms with Crippen LogP contribution in [0.15, 0.2) is 12.3 Å². The molecule has 1 aromatic rings. The molecule has 0 unspecified atom stereocenters. The van der Waals surface area contributed by atoms with Gasteiger partial charge in [-0.2, -0.15) is 0 Å². The molecule has 1 aromatic heterocycles. The third kappa shape index (κ3) is 2.54. The van der Waals surface area contributed by atoms with Crippen molar-refractivity contribution in [2.45, 2.75) is 44.8 Å². The minimum absolute atomic E-state index is 0.126. The van der Waals surface area contributed by atoms with E-state index >= 15 is 0 Å². The maximum Gasteiger partial charge on any atom is 0.125 e. The van der Waals surface area contributed by atoms with Gasteiger partial charge in [-0.3, -0.25) is 4.90 Å². The number of ether oxygens (including phenoxy) is 1. The van der Waals surface area contributed by atoms with Crippen molar-refractivity contribution in [2.75, 3.05) is 19.7 Å². The second-order valence-electron chi connectivity index (χ2n) is 5.32. The molecule has 2 aliphatic rings. The second kappa shape index (κ2) is 5.33. The van der Waals surface area contributed by atoms with Gasteiger partial charge in [-0.1, -0.05) is 12.8 Å². The van der Waals surface area contributed by atoms with E-state index in [9.17, 15) is 0 Å². The highest BCUT2D eigenvalue weighted by atomic mass is 16.5. The molecule has 2 heterocycles. The molecule has 4 nitrogen and oxygen atoms in total. The van der Waals surface area contributed by atoms with Crippen LogP contribution in [0.1, 0.15) is 43.3 Å². The van der Waals surface area contributed by atoms with Crippen LogP contribution < -0.4 is 0 Å². The van der Waals surface area contributed by atoms with Gasteiger partial charge in [0.25, 0.3) is 0 Å². The summed E-state index contributed by atoms with van der Waals surface area (Å²) in [5.74, 6) is 0.828. The largest absolute Gasteiger partial charge is 0.369 e. The van der Waals surface area contributed by atoms with Crippen molar-refractivity contribution in [3.05, 3.63) is 23.8 Å². The third-order valence-corrected chi connectivity index (χ3v) is 4.07. The highest BCUT2D eigenvalue weighted by Gasteiger charge is 2.29. The summed E-state index contributed by atoms with van der Waals surface area (Å²) in [5, 5.41) is 0. The Kier molecular flexibility index (Phi) is 3.57. The maximum atomic E-state index is 5.88. The number of nitrogens with zero attached hydrogens (tertiary/aromatic N) is 3. The molecule has 0 aromatic carbocycles. The maximum absolute atomic E-state index is 5.88. The van der Waals surface area contributed by atoms with Crippen LogP contribution in [0, 0.1) is 6.92 Å². The fourth-order valence-corrected chi connectivity index (χ4v) is 3.10. The smallest absolute Gasteiger partial charge is 0.125 e. The van der Waals surface area contributed by atoms with Gasteiger partial charge in [-0.15, -0.1) is 0 Å². The lowest BCUT2D eigenvalue weighted by molar-refractivity contribution is -0.0460. The lowest BCUT2D eigenvalue weighted by Gasteiger charge is -2.36. The van der Waals surface area contributed by atoms with E-state index in [2.05, 4.69) is 14.9 Å². The first-order valence-corrected chi connectivity index (χ1v) is 6.98. The number of rotatable bonds is 2. The van der Waals surface area contributed by atoms with Crippen LogP contribution in [-0.2, 0) is 4.74 Å². The molecule has 0 bridgehead atoms. The van der Waals surface area contributed by atoms with E-state index < -0.39 is 0 Å². The average molecular weight is 247 g/mol. The molecule has 1 aliphatic heterocycles. The lowest BCUT2D eigenvalue weighted by Crippen LogP contribution is -2.43. The topological polar surface area (TPSA) is 38.2 Å². The summed E-state index contributed by atoms with van der Waals surface area (Å²) >= 11 is 0. The Morgan fingerprint density at radius 1 is 1.33 bits per heavy atom. The summed E-state index contributed by atoms with van der Waals surface area (Å²) in [6.45, 7) is 4.82. The Labute approximate surface area is 108 Å². The van der Waals surface area contributed by atoms with Crippen molar-refractivity contribution in [3.8, 4) is 0 Å². The van der Waals surface area contributed by atoms with Gasteiger partial charge in [0.15, 0.2) is 0 Å². The van der Waals surface area contributed by atoms with E-state index in [0.29, 0.717) is 0 Å². The molecule has 1 aliphatic carbocycles. The molecule has 18 heavy (non-hydrogen) atoms. The summed E-state index contributed by atoms with van der Waals surface area (Å²) in [5.41, 5.74) is 1.03. The molecule has 4 heteroatoms. The molecule has 0 amide bonds. The zero-order valence-corrected chi connectivity index (χ0v) is 11.0. The fourth-order valence-electron chi connectivity index (χ4n) is 3.10. The molecule has 0 spiro atoms. The van der Waals surface area contributed by atoms with E-state index in [-0.39, 0.29) is 6.10 Å². The van der Waals surface area contributed by atoms with E-state index in [1.807, 2.05) is 19.2 Å². The normalized spacial score (nSPS) is 26.6. The molecule has 3 rings (SSSR count). The molecule has 1 saturated carbocycles. The number of aromatic nitrogens is 2. The molecule has 0 radical (unpaired) electrons. The van der Waals surface area contributed by atoms with Gasteiger partial charge in [-0.25, -0.2) is 9.97 Å². The lowest BCUT2D eigenvalue weighted by atomic mass is 10.1. The first-order valence-electron chi connectivity index (χ1n) is 6.98. The number of hydrogen-bond acceptors (Lipinski definition) is 4. The highest BCUT2D eigenvalue weighted by Crippen LogP contribution is 2.28. The Hall–Kier alpha value is -1.00. The zero-order valence-electron chi connectivity index (χ0n) is 11.0. The summed E-state index contributed by atoms with van der Waals surface area (Å²) in [4.78, 5) is 11.2. The SMILES string of the molecule is Cc1nccc([C@@H]2CN(C3CCCC3)CCO2)n1.